The number of nitrogens with two attached hydrogens (primary N) is 1. The number of nitrogens with zero attached hydrogens (tertiary/aromatic N) is 3. The van der Waals surface area contributed by atoms with Gasteiger partial charge < -0.3 is 5.73 Å². The highest BCUT2D eigenvalue weighted by molar-refractivity contribution is 5.77. The van der Waals surface area contributed by atoms with Crippen LogP contribution in [0.2, 0.25) is 0 Å². The summed E-state index contributed by atoms with van der Waals surface area (Å²) >= 11 is 0. The molecule has 0 bridgehead atoms. The van der Waals surface area contributed by atoms with Crippen molar-refractivity contribution in [2.45, 2.75) is 0 Å². The Bertz CT molecular complexity index is 642. The van der Waals surface area contributed by atoms with Gasteiger partial charge in [-0.1, -0.05) is 12.1 Å². The van der Waals surface area contributed by atoms with Crippen molar-refractivity contribution < 1.29 is 0 Å². The number of rotatable bonds is 1. The van der Waals surface area contributed by atoms with Crippen LogP contribution in [-0.4, -0.2) is 14.6 Å². The lowest BCUT2D eigenvalue weighted by Crippen LogP contribution is -1.91. The van der Waals surface area contributed by atoms with E-state index in [4.69, 9.17) is 5.73 Å². The van der Waals surface area contributed by atoms with Crippen LogP contribution in [0.4, 0.5) is 5.82 Å². The Morgan fingerprint density at radius 2 is 2.00 bits per heavy atom. The van der Waals surface area contributed by atoms with Crippen LogP contribution in [0.5, 0.6) is 0 Å². The summed E-state index contributed by atoms with van der Waals surface area (Å²) in [5, 5.41) is 4.26. The minimum Gasteiger partial charge on any atom is -0.384 e. The fourth-order valence-corrected chi connectivity index (χ4v) is 1.73. The van der Waals surface area contributed by atoms with Crippen LogP contribution in [0.1, 0.15) is 0 Å². The Kier molecular flexibility index (Phi) is 1.86. The third kappa shape index (κ3) is 1.32. The molecule has 0 aromatic carbocycles. The van der Waals surface area contributed by atoms with Gasteiger partial charge in [0.25, 0.3) is 0 Å². The molecular formula is C12H10N4. The molecule has 0 spiro atoms. The van der Waals surface area contributed by atoms with Crippen LogP contribution < -0.4 is 5.73 Å². The largest absolute Gasteiger partial charge is 0.384 e. The van der Waals surface area contributed by atoms with Gasteiger partial charge in [-0.3, -0.25) is 0 Å². The quantitative estimate of drug-likeness (QED) is 0.668. The van der Waals surface area contributed by atoms with E-state index < -0.39 is 0 Å². The standard InChI is InChI=1S/C12H10N4/c13-12-6-3-4-10(15-12)9-8-14-16-7-2-1-5-11(9)16/h1-8H,(H2,13,15). The first kappa shape index (κ1) is 8.91. The average Bonchev–Trinajstić information content (AvgIpc) is 2.72. The fourth-order valence-electron chi connectivity index (χ4n) is 1.73. The second-order valence-corrected chi connectivity index (χ2v) is 3.54. The molecule has 2 N–H and O–H groups in total. The van der Waals surface area contributed by atoms with Gasteiger partial charge in [-0.25, -0.2) is 9.50 Å². The maximum absolute atomic E-state index is 5.67. The Labute approximate surface area is 92.4 Å². The zero-order valence-corrected chi connectivity index (χ0v) is 8.54. The van der Waals surface area contributed by atoms with E-state index in [0.717, 1.165) is 16.8 Å². The number of pyridine rings is 2. The molecule has 0 radical (unpaired) electrons. The van der Waals surface area contributed by atoms with Crippen LogP contribution >= 0.6 is 0 Å². The summed E-state index contributed by atoms with van der Waals surface area (Å²) in [5.41, 5.74) is 8.54. The van der Waals surface area contributed by atoms with Crippen LogP contribution in [0.3, 0.4) is 0 Å². The van der Waals surface area contributed by atoms with Crippen molar-refractivity contribution in [3.8, 4) is 11.3 Å². The maximum atomic E-state index is 5.67. The normalized spacial score (nSPS) is 10.8. The van der Waals surface area contributed by atoms with E-state index in [1.807, 2.05) is 41.0 Å². The fraction of sp³-hybridized carbons (Fsp3) is 0. The smallest absolute Gasteiger partial charge is 0.124 e. The number of nitrogen functional groups attached to an aromatic ring is 1. The lowest BCUT2D eigenvalue weighted by Gasteiger charge is -1.99. The molecule has 0 aliphatic carbocycles. The van der Waals surface area contributed by atoms with Crippen molar-refractivity contribution in [1.82, 2.24) is 14.6 Å². The number of aromatic nitrogens is 3. The van der Waals surface area contributed by atoms with Crippen LogP contribution in [0.25, 0.3) is 16.8 Å². The monoisotopic (exact) mass is 210 g/mol. The highest BCUT2D eigenvalue weighted by atomic mass is 15.2. The van der Waals surface area contributed by atoms with Crippen molar-refractivity contribution in [2.24, 2.45) is 0 Å². The molecule has 3 aromatic heterocycles. The third-order valence-electron chi connectivity index (χ3n) is 2.47. The van der Waals surface area contributed by atoms with Crippen molar-refractivity contribution in [3.63, 3.8) is 0 Å². The van der Waals surface area contributed by atoms with Gasteiger partial charge in [0.05, 0.1) is 17.4 Å². The van der Waals surface area contributed by atoms with E-state index in [0.29, 0.717) is 5.82 Å². The predicted octanol–water partition coefficient (Wildman–Crippen LogP) is 1.98. The van der Waals surface area contributed by atoms with Gasteiger partial charge in [0.15, 0.2) is 0 Å². The number of anilines is 1. The van der Waals surface area contributed by atoms with Crippen LogP contribution in [0.15, 0.2) is 48.8 Å². The van der Waals surface area contributed by atoms with Crippen molar-refractivity contribution in [1.29, 1.82) is 0 Å². The van der Waals surface area contributed by atoms with Crippen molar-refractivity contribution in [3.05, 3.63) is 48.8 Å². The maximum Gasteiger partial charge on any atom is 0.124 e. The van der Waals surface area contributed by atoms with Crippen LogP contribution in [0, 0.1) is 0 Å². The van der Waals surface area contributed by atoms with Crippen LogP contribution in [-0.2, 0) is 0 Å². The SMILES string of the molecule is Nc1cccc(-c2cnn3ccccc23)n1. The topological polar surface area (TPSA) is 56.2 Å². The molecule has 0 saturated heterocycles. The minimum atomic E-state index is 0.521. The summed E-state index contributed by atoms with van der Waals surface area (Å²) < 4.78 is 1.82. The van der Waals surface area contributed by atoms with E-state index in [2.05, 4.69) is 10.1 Å². The molecule has 0 saturated carbocycles. The first-order valence-electron chi connectivity index (χ1n) is 5.00. The van der Waals surface area contributed by atoms with Gasteiger partial charge in [0.1, 0.15) is 5.82 Å². The van der Waals surface area contributed by atoms with Gasteiger partial charge in [0, 0.05) is 11.8 Å². The lowest BCUT2D eigenvalue weighted by molar-refractivity contribution is 0.961. The second-order valence-electron chi connectivity index (χ2n) is 3.54. The molecule has 3 rings (SSSR count). The Morgan fingerprint density at radius 1 is 1.06 bits per heavy atom. The molecule has 0 aliphatic heterocycles. The van der Waals surface area contributed by atoms with Gasteiger partial charge in [-0.2, -0.15) is 5.10 Å². The molecule has 4 heteroatoms. The summed E-state index contributed by atoms with van der Waals surface area (Å²) in [6, 6.07) is 11.5. The third-order valence-corrected chi connectivity index (χ3v) is 2.47. The zero-order valence-electron chi connectivity index (χ0n) is 8.54. The van der Waals surface area contributed by atoms with Crippen molar-refractivity contribution >= 4 is 11.3 Å². The second kappa shape index (κ2) is 3.34. The average molecular weight is 210 g/mol. The van der Waals surface area contributed by atoms with E-state index in [9.17, 15) is 0 Å². The summed E-state index contributed by atoms with van der Waals surface area (Å²) in [6.07, 6.45) is 3.71. The molecule has 0 aliphatic rings. The van der Waals surface area contributed by atoms with Crippen molar-refractivity contribution in [2.75, 3.05) is 5.73 Å². The molecule has 3 heterocycles. The number of fused-ring (bicyclic) bond motifs is 1. The number of hydrogen-bond acceptors (Lipinski definition) is 3. The highest BCUT2D eigenvalue weighted by Gasteiger charge is 2.06. The first-order chi connectivity index (χ1) is 7.84. The highest BCUT2D eigenvalue weighted by Crippen LogP contribution is 2.22. The van der Waals surface area contributed by atoms with Gasteiger partial charge in [-0.15, -0.1) is 0 Å². The summed E-state index contributed by atoms with van der Waals surface area (Å²) in [4.78, 5) is 4.29. The van der Waals surface area contributed by atoms with Gasteiger partial charge >= 0.3 is 0 Å². The summed E-state index contributed by atoms with van der Waals surface area (Å²) in [7, 11) is 0. The lowest BCUT2D eigenvalue weighted by atomic mass is 10.2. The molecule has 78 valence electrons. The van der Waals surface area contributed by atoms with Gasteiger partial charge in [0.2, 0.25) is 0 Å². The molecule has 3 aromatic rings. The first-order valence-corrected chi connectivity index (χ1v) is 5.00. The minimum absolute atomic E-state index is 0.521. The number of hydrogen-bond donors (Lipinski definition) is 1. The molecule has 0 atom stereocenters. The van der Waals surface area contributed by atoms with E-state index in [1.165, 1.54) is 0 Å². The summed E-state index contributed by atoms with van der Waals surface area (Å²) in [6.45, 7) is 0. The molecule has 4 nitrogen and oxygen atoms in total. The van der Waals surface area contributed by atoms with E-state index in [-0.39, 0.29) is 0 Å². The Balaban J connectivity index is 2.26. The van der Waals surface area contributed by atoms with Gasteiger partial charge in [-0.05, 0) is 24.3 Å². The summed E-state index contributed by atoms with van der Waals surface area (Å²) in [5.74, 6) is 0.521. The predicted molar refractivity (Wildman–Crippen MR) is 62.8 cm³/mol. The zero-order chi connectivity index (χ0) is 11.0. The molecule has 0 amide bonds. The Hall–Kier alpha value is -2.36. The van der Waals surface area contributed by atoms with E-state index in [1.54, 1.807) is 12.3 Å². The molecule has 0 unspecified atom stereocenters. The van der Waals surface area contributed by atoms with E-state index >= 15 is 0 Å². The molecular weight excluding hydrogens is 200 g/mol. The molecule has 0 fully saturated rings. The Morgan fingerprint density at radius 3 is 2.88 bits per heavy atom. The molecule has 16 heavy (non-hydrogen) atoms.